The summed E-state index contributed by atoms with van der Waals surface area (Å²) in [6, 6.07) is 16.2. The van der Waals surface area contributed by atoms with Crippen molar-refractivity contribution in [3.05, 3.63) is 88.5 Å². The minimum absolute atomic E-state index is 0.0183. The summed E-state index contributed by atoms with van der Waals surface area (Å²) >= 11 is 0. The predicted molar refractivity (Wildman–Crippen MR) is 195 cm³/mol. The Morgan fingerprint density at radius 2 is 1.88 bits per heavy atom. The minimum atomic E-state index is -0.830. The fourth-order valence-electron chi connectivity index (χ4n) is 9.00. The lowest BCUT2D eigenvalue weighted by atomic mass is 9.52. The quantitative estimate of drug-likeness (QED) is 0.253. The minimum Gasteiger partial charge on any atom is -0.456 e. The largest absolute Gasteiger partial charge is 0.456 e. The molecule has 2 saturated carbocycles. The highest BCUT2D eigenvalue weighted by molar-refractivity contribution is 5.97. The summed E-state index contributed by atoms with van der Waals surface area (Å²) in [4.78, 5) is 42.4. The number of allylic oxidation sites excluding steroid dienone is 1. The number of nitrogens with zero attached hydrogens (tertiary/aromatic N) is 1. The molecule has 2 aliphatic heterocycles. The Morgan fingerprint density at radius 1 is 1.08 bits per heavy atom. The van der Waals surface area contributed by atoms with E-state index in [-0.39, 0.29) is 50.2 Å². The maximum atomic E-state index is 14.0. The first-order valence-electron chi connectivity index (χ1n) is 18.8. The molecule has 278 valence electrons. The van der Waals surface area contributed by atoms with Crippen molar-refractivity contribution in [2.24, 2.45) is 17.3 Å². The van der Waals surface area contributed by atoms with E-state index in [1.54, 1.807) is 19.2 Å². The van der Waals surface area contributed by atoms with Gasteiger partial charge in [0, 0.05) is 32.0 Å². The molecule has 0 aromatic heterocycles. The zero-order valence-electron chi connectivity index (χ0n) is 30.7. The second-order valence-corrected chi connectivity index (χ2v) is 16.1. The van der Waals surface area contributed by atoms with Crippen LogP contribution in [0.3, 0.4) is 0 Å². The number of amides is 2. The number of esters is 1. The van der Waals surface area contributed by atoms with Crippen LogP contribution in [0.1, 0.15) is 80.8 Å². The lowest BCUT2D eigenvalue weighted by Gasteiger charge is -2.53. The molecule has 3 aliphatic carbocycles. The van der Waals surface area contributed by atoms with Crippen molar-refractivity contribution in [2.75, 3.05) is 27.0 Å². The zero-order valence-corrected chi connectivity index (χ0v) is 30.7. The molecule has 2 aromatic carbocycles. The first kappa shape index (κ1) is 36.5. The molecule has 2 heterocycles. The standard InChI is InChI=1S/C42H52N2O8/c1-41(2)24-31-28(13-14-36-42(3,52-36)16-15-32(31)41)19-27-11-8-12-29(20-27)40(48)51-35-23-30(22-34-37(35)50-25-49-34)39(47)44(4)33(38(46)43-17-18-45)21-26-9-6-5-7-10-26/h5-12,19-20,22,31-37,45H,13-18,21,23-25H2,1-4H3,(H,43,46)/t31-,32-,33-,34-,35-,36?,37-,42-/m1/s1. The molecule has 7 rings (SSSR count). The van der Waals surface area contributed by atoms with E-state index < -0.39 is 30.3 Å². The van der Waals surface area contributed by atoms with Crippen molar-refractivity contribution in [3.63, 3.8) is 0 Å². The van der Waals surface area contributed by atoms with Gasteiger partial charge in [-0.2, -0.15) is 0 Å². The van der Waals surface area contributed by atoms with Gasteiger partial charge in [-0.15, -0.1) is 0 Å². The summed E-state index contributed by atoms with van der Waals surface area (Å²) in [6.45, 7) is 6.91. The number of fused-ring (bicyclic) bond motifs is 3. The Bertz CT molecular complexity index is 1720. The molecule has 5 aliphatic rings. The van der Waals surface area contributed by atoms with Crippen molar-refractivity contribution in [1.29, 1.82) is 0 Å². The fourth-order valence-corrected chi connectivity index (χ4v) is 9.00. The van der Waals surface area contributed by atoms with E-state index >= 15 is 0 Å². The van der Waals surface area contributed by atoms with Gasteiger partial charge in [0.15, 0.2) is 0 Å². The van der Waals surface area contributed by atoms with Gasteiger partial charge in [-0.05, 0) is 85.6 Å². The van der Waals surface area contributed by atoms with Crippen LogP contribution in [0.5, 0.6) is 0 Å². The first-order valence-corrected chi connectivity index (χ1v) is 18.8. The number of aliphatic hydroxyl groups excluding tert-OH is 1. The Balaban J connectivity index is 1.06. The Hall–Kier alpha value is -3.83. The zero-order chi connectivity index (χ0) is 36.6. The van der Waals surface area contributed by atoms with Gasteiger partial charge in [-0.25, -0.2) is 4.79 Å². The van der Waals surface area contributed by atoms with E-state index in [0.717, 1.165) is 30.4 Å². The van der Waals surface area contributed by atoms with E-state index in [2.05, 4.69) is 32.2 Å². The van der Waals surface area contributed by atoms with Crippen LogP contribution >= 0.6 is 0 Å². The van der Waals surface area contributed by atoms with Crippen LogP contribution in [-0.2, 0) is 35.0 Å². The highest BCUT2D eigenvalue weighted by atomic mass is 16.7. The van der Waals surface area contributed by atoms with Crippen LogP contribution in [0, 0.1) is 17.3 Å². The summed E-state index contributed by atoms with van der Waals surface area (Å²) < 4.78 is 23.9. The molecule has 1 unspecified atom stereocenters. The number of benzene rings is 2. The van der Waals surface area contributed by atoms with E-state index in [9.17, 15) is 19.5 Å². The monoisotopic (exact) mass is 712 g/mol. The average Bonchev–Trinajstić information content (AvgIpc) is 3.51. The van der Waals surface area contributed by atoms with Crippen LogP contribution in [0.25, 0.3) is 6.08 Å². The molecule has 0 spiro atoms. The number of likely N-dealkylation sites (N-methyl/N-ethyl adjacent to an activating group) is 1. The summed E-state index contributed by atoms with van der Waals surface area (Å²) in [5.41, 5.74) is 4.44. The average molecular weight is 713 g/mol. The maximum absolute atomic E-state index is 14.0. The molecule has 0 bridgehead atoms. The van der Waals surface area contributed by atoms with Gasteiger partial charge in [-0.1, -0.05) is 68.0 Å². The Morgan fingerprint density at radius 3 is 2.65 bits per heavy atom. The highest BCUT2D eigenvalue weighted by Crippen LogP contribution is 2.59. The van der Waals surface area contributed by atoms with Gasteiger partial charge in [0.25, 0.3) is 0 Å². The van der Waals surface area contributed by atoms with Crippen LogP contribution in [-0.4, -0.2) is 90.8 Å². The van der Waals surface area contributed by atoms with Crippen molar-refractivity contribution in [3.8, 4) is 0 Å². The molecule has 2 saturated heterocycles. The first-order chi connectivity index (χ1) is 25.0. The summed E-state index contributed by atoms with van der Waals surface area (Å²) in [7, 11) is 1.59. The summed E-state index contributed by atoms with van der Waals surface area (Å²) in [5.74, 6) is -0.0715. The van der Waals surface area contributed by atoms with E-state index in [1.807, 2.05) is 48.5 Å². The summed E-state index contributed by atoms with van der Waals surface area (Å²) in [5, 5.41) is 12.0. The number of ether oxygens (including phenoxy) is 4. The van der Waals surface area contributed by atoms with Crippen molar-refractivity contribution in [1.82, 2.24) is 10.2 Å². The number of nitrogens with one attached hydrogen (secondary N) is 1. The van der Waals surface area contributed by atoms with Gasteiger partial charge in [-0.3, -0.25) is 9.59 Å². The SMILES string of the molecule is CN(C(=O)C1=C[C@H]2OCO[C@H]2[C@H](OC(=O)c2cccc(C=C3CCC4O[C@]4(C)CC[C@@H]4[C@@H]3CC4(C)C)c2)C1)[C@H](Cc1ccccc1)C(=O)NCCO. The molecule has 0 radical (unpaired) electrons. The van der Waals surface area contributed by atoms with Crippen LogP contribution in [0.4, 0.5) is 0 Å². The van der Waals surface area contributed by atoms with Crippen molar-refractivity contribution in [2.45, 2.75) is 102 Å². The molecule has 8 atom stereocenters. The highest BCUT2D eigenvalue weighted by Gasteiger charge is 2.56. The molecule has 10 heteroatoms. The number of carbonyl (C=O) groups is 3. The topological polar surface area (TPSA) is 127 Å². The van der Waals surface area contributed by atoms with Crippen molar-refractivity contribution >= 4 is 23.9 Å². The molecule has 52 heavy (non-hydrogen) atoms. The maximum Gasteiger partial charge on any atom is 0.338 e. The van der Waals surface area contributed by atoms with Crippen LogP contribution < -0.4 is 5.32 Å². The summed E-state index contributed by atoms with van der Waals surface area (Å²) in [6.07, 6.45) is 8.27. The number of hydrogen-bond donors (Lipinski definition) is 2. The number of carbonyl (C=O) groups excluding carboxylic acids is 3. The lowest BCUT2D eigenvalue weighted by molar-refractivity contribution is -0.137. The van der Waals surface area contributed by atoms with E-state index in [0.29, 0.717) is 34.5 Å². The normalized spacial score (nSPS) is 31.6. The molecular formula is C42H52N2O8. The second kappa shape index (κ2) is 14.9. The molecule has 2 N–H and O–H groups in total. The van der Waals surface area contributed by atoms with E-state index in [4.69, 9.17) is 18.9 Å². The third-order valence-corrected chi connectivity index (χ3v) is 12.2. The lowest BCUT2D eigenvalue weighted by Crippen LogP contribution is -2.51. The second-order valence-electron chi connectivity index (χ2n) is 16.1. The predicted octanol–water partition coefficient (Wildman–Crippen LogP) is 5.24. The number of epoxide rings is 1. The van der Waals surface area contributed by atoms with E-state index in [1.165, 1.54) is 23.3 Å². The smallest absolute Gasteiger partial charge is 0.338 e. The van der Waals surface area contributed by atoms with Gasteiger partial charge in [0.05, 0.1) is 23.9 Å². The molecule has 4 fully saturated rings. The van der Waals surface area contributed by atoms with Crippen LogP contribution in [0.15, 0.2) is 71.8 Å². The van der Waals surface area contributed by atoms with Gasteiger partial charge < -0.3 is 34.3 Å². The van der Waals surface area contributed by atoms with Crippen LogP contribution in [0.2, 0.25) is 0 Å². The molecule has 2 amide bonds. The number of rotatable bonds is 10. The number of aliphatic hydroxyl groups is 1. The van der Waals surface area contributed by atoms with Gasteiger partial charge >= 0.3 is 5.97 Å². The molecule has 10 nitrogen and oxygen atoms in total. The third kappa shape index (κ3) is 7.62. The molecule has 2 aromatic rings. The Labute approximate surface area is 306 Å². The van der Waals surface area contributed by atoms with Gasteiger partial charge in [0.1, 0.15) is 31.1 Å². The third-order valence-electron chi connectivity index (χ3n) is 12.2. The van der Waals surface area contributed by atoms with Crippen molar-refractivity contribution < 1.29 is 38.4 Å². The van der Waals surface area contributed by atoms with Gasteiger partial charge in [0.2, 0.25) is 11.8 Å². The molecular weight excluding hydrogens is 660 g/mol. The Kier molecular flexibility index (Phi) is 10.5. The number of hydrogen-bond acceptors (Lipinski definition) is 8. The fraction of sp³-hybridized carbons (Fsp3) is 0.548.